The van der Waals surface area contributed by atoms with Crippen molar-refractivity contribution < 1.29 is 13.6 Å². The molecule has 0 aliphatic carbocycles. The molecule has 1 N–H and O–H groups in total. The maximum atomic E-state index is 12.8. The highest BCUT2D eigenvalue weighted by Gasteiger charge is 2.13. The lowest BCUT2D eigenvalue weighted by Crippen LogP contribution is -2.33. The van der Waals surface area contributed by atoms with E-state index in [0.29, 0.717) is 12.5 Å². The van der Waals surface area contributed by atoms with Crippen LogP contribution in [0.1, 0.15) is 23.7 Å². The lowest BCUT2D eigenvalue weighted by molar-refractivity contribution is 0.0943. The van der Waals surface area contributed by atoms with Gasteiger partial charge in [-0.2, -0.15) is 5.26 Å². The second kappa shape index (κ2) is 5.21. The summed E-state index contributed by atoms with van der Waals surface area (Å²) in [5.41, 5.74) is -0.133. The van der Waals surface area contributed by atoms with Crippen molar-refractivity contribution in [3.05, 3.63) is 35.4 Å². The Morgan fingerprint density at radius 3 is 2.44 bits per heavy atom. The zero-order chi connectivity index (χ0) is 12.1. The number of rotatable bonds is 3. The predicted molar refractivity (Wildman–Crippen MR) is 53.5 cm³/mol. The molecular weight excluding hydrogens is 214 g/mol. The number of nitrogens with one attached hydrogen (secondary N) is 1. The molecular formula is C11H10F2N2O. The number of hydrogen-bond acceptors (Lipinski definition) is 2. The van der Waals surface area contributed by atoms with Crippen LogP contribution in [0.15, 0.2) is 18.2 Å². The van der Waals surface area contributed by atoms with E-state index in [4.69, 9.17) is 5.26 Å². The van der Waals surface area contributed by atoms with Gasteiger partial charge in [-0.15, -0.1) is 0 Å². The summed E-state index contributed by atoms with van der Waals surface area (Å²) in [6, 6.07) is 3.73. The summed E-state index contributed by atoms with van der Waals surface area (Å²) >= 11 is 0. The number of carbonyl (C=O) groups excluding carboxylic acids is 1. The van der Waals surface area contributed by atoms with Crippen LogP contribution in [0.5, 0.6) is 0 Å². The molecule has 1 atom stereocenters. The van der Waals surface area contributed by atoms with E-state index in [1.165, 1.54) is 0 Å². The molecule has 0 aliphatic heterocycles. The Hall–Kier alpha value is -1.96. The van der Waals surface area contributed by atoms with Crippen molar-refractivity contribution in [3.63, 3.8) is 0 Å². The zero-order valence-electron chi connectivity index (χ0n) is 8.63. The van der Waals surface area contributed by atoms with E-state index in [-0.39, 0.29) is 5.56 Å². The average molecular weight is 224 g/mol. The van der Waals surface area contributed by atoms with Gasteiger partial charge in [-0.05, 0) is 18.6 Å². The standard InChI is InChI=1S/C11H10F2N2O/c1-2-10(6-14)15-11(16)7-3-8(12)5-9(13)4-7/h3-5,10H,2H2,1H3,(H,15,16). The Kier molecular flexibility index (Phi) is 3.95. The molecule has 0 fully saturated rings. The highest BCUT2D eigenvalue weighted by molar-refractivity contribution is 5.94. The number of amides is 1. The summed E-state index contributed by atoms with van der Waals surface area (Å²) in [4.78, 5) is 11.5. The molecule has 16 heavy (non-hydrogen) atoms. The Labute approximate surface area is 91.7 Å². The monoisotopic (exact) mass is 224 g/mol. The minimum absolute atomic E-state index is 0.133. The lowest BCUT2D eigenvalue weighted by atomic mass is 10.1. The van der Waals surface area contributed by atoms with E-state index < -0.39 is 23.6 Å². The smallest absolute Gasteiger partial charge is 0.252 e. The fraction of sp³-hybridized carbons (Fsp3) is 0.273. The lowest BCUT2D eigenvalue weighted by Gasteiger charge is -2.09. The molecule has 0 aliphatic rings. The largest absolute Gasteiger partial charge is 0.336 e. The number of hydrogen-bond donors (Lipinski definition) is 1. The molecule has 1 rings (SSSR count). The fourth-order valence-corrected chi connectivity index (χ4v) is 1.15. The summed E-state index contributed by atoms with van der Waals surface area (Å²) in [7, 11) is 0. The van der Waals surface area contributed by atoms with Gasteiger partial charge >= 0.3 is 0 Å². The number of nitrogens with zero attached hydrogens (tertiary/aromatic N) is 1. The molecule has 0 saturated heterocycles. The van der Waals surface area contributed by atoms with Crippen LogP contribution in [-0.2, 0) is 0 Å². The second-order valence-electron chi connectivity index (χ2n) is 3.22. The minimum atomic E-state index is -0.824. The quantitative estimate of drug-likeness (QED) is 0.853. The molecule has 1 amide bonds. The van der Waals surface area contributed by atoms with Crippen LogP contribution in [0.25, 0.3) is 0 Å². The van der Waals surface area contributed by atoms with Crippen molar-refractivity contribution in [1.29, 1.82) is 5.26 Å². The summed E-state index contributed by atoms with van der Waals surface area (Å²) in [5.74, 6) is -2.31. The van der Waals surface area contributed by atoms with Gasteiger partial charge in [0.25, 0.3) is 5.91 Å². The van der Waals surface area contributed by atoms with E-state index in [1.54, 1.807) is 6.92 Å². The van der Waals surface area contributed by atoms with E-state index in [9.17, 15) is 13.6 Å². The minimum Gasteiger partial charge on any atom is -0.336 e. The molecule has 0 saturated carbocycles. The SMILES string of the molecule is CCC(C#N)NC(=O)c1cc(F)cc(F)c1. The van der Waals surface area contributed by atoms with Crippen molar-refractivity contribution in [2.45, 2.75) is 19.4 Å². The highest BCUT2D eigenvalue weighted by Crippen LogP contribution is 2.08. The van der Waals surface area contributed by atoms with Crippen LogP contribution in [0.4, 0.5) is 8.78 Å². The Morgan fingerprint density at radius 2 is 2.00 bits per heavy atom. The average Bonchev–Trinajstić information content (AvgIpc) is 2.24. The summed E-state index contributed by atoms with van der Waals surface area (Å²) in [5, 5.41) is 11.0. The van der Waals surface area contributed by atoms with Crippen molar-refractivity contribution in [1.82, 2.24) is 5.32 Å². The third-order valence-electron chi connectivity index (χ3n) is 1.99. The van der Waals surface area contributed by atoms with Crippen LogP contribution in [0.3, 0.4) is 0 Å². The maximum Gasteiger partial charge on any atom is 0.252 e. The predicted octanol–water partition coefficient (Wildman–Crippen LogP) is 2.00. The van der Waals surface area contributed by atoms with Gasteiger partial charge in [-0.3, -0.25) is 4.79 Å². The first-order valence-electron chi connectivity index (χ1n) is 4.73. The first-order chi connectivity index (χ1) is 7.56. The fourth-order valence-electron chi connectivity index (χ4n) is 1.15. The molecule has 1 unspecified atom stereocenters. The van der Waals surface area contributed by atoms with Gasteiger partial charge in [0.1, 0.15) is 17.7 Å². The van der Waals surface area contributed by atoms with Crippen molar-refractivity contribution >= 4 is 5.91 Å². The van der Waals surface area contributed by atoms with Crippen LogP contribution in [0.2, 0.25) is 0 Å². The number of nitriles is 1. The Balaban J connectivity index is 2.85. The van der Waals surface area contributed by atoms with Crippen LogP contribution in [0, 0.1) is 23.0 Å². The molecule has 0 aromatic heterocycles. The molecule has 0 spiro atoms. The van der Waals surface area contributed by atoms with Crippen molar-refractivity contribution in [2.75, 3.05) is 0 Å². The topological polar surface area (TPSA) is 52.9 Å². The summed E-state index contributed by atoms with van der Waals surface area (Å²) in [6.45, 7) is 1.72. The second-order valence-corrected chi connectivity index (χ2v) is 3.22. The molecule has 1 aromatic carbocycles. The summed E-state index contributed by atoms with van der Waals surface area (Å²) < 4.78 is 25.6. The Bertz CT molecular complexity index is 420. The van der Waals surface area contributed by atoms with Gasteiger partial charge < -0.3 is 5.32 Å². The van der Waals surface area contributed by atoms with Gasteiger partial charge in [0.2, 0.25) is 0 Å². The third kappa shape index (κ3) is 3.02. The van der Waals surface area contributed by atoms with Crippen LogP contribution < -0.4 is 5.32 Å². The number of benzene rings is 1. The normalized spacial score (nSPS) is 11.6. The van der Waals surface area contributed by atoms with Crippen LogP contribution >= 0.6 is 0 Å². The Morgan fingerprint density at radius 1 is 1.44 bits per heavy atom. The van der Waals surface area contributed by atoms with E-state index in [0.717, 1.165) is 12.1 Å². The molecule has 0 bridgehead atoms. The van der Waals surface area contributed by atoms with Gasteiger partial charge in [0.15, 0.2) is 0 Å². The zero-order valence-corrected chi connectivity index (χ0v) is 8.63. The van der Waals surface area contributed by atoms with Gasteiger partial charge in [-0.1, -0.05) is 6.92 Å². The molecule has 84 valence electrons. The highest BCUT2D eigenvalue weighted by atomic mass is 19.1. The van der Waals surface area contributed by atoms with Crippen molar-refractivity contribution in [2.24, 2.45) is 0 Å². The number of halogens is 2. The first kappa shape index (κ1) is 12.1. The molecule has 1 aromatic rings. The van der Waals surface area contributed by atoms with E-state index in [1.807, 2.05) is 6.07 Å². The molecule has 5 heteroatoms. The van der Waals surface area contributed by atoms with Gasteiger partial charge in [-0.25, -0.2) is 8.78 Å². The molecule has 3 nitrogen and oxygen atoms in total. The summed E-state index contributed by atoms with van der Waals surface area (Å²) in [6.07, 6.45) is 0.431. The van der Waals surface area contributed by atoms with Crippen molar-refractivity contribution in [3.8, 4) is 6.07 Å². The first-order valence-corrected chi connectivity index (χ1v) is 4.73. The molecule has 0 heterocycles. The maximum absolute atomic E-state index is 12.8. The van der Waals surface area contributed by atoms with E-state index >= 15 is 0 Å². The third-order valence-corrected chi connectivity index (χ3v) is 1.99. The van der Waals surface area contributed by atoms with Crippen LogP contribution in [-0.4, -0.2) is 11.9 Å². The van der Waals surface area contributed by atoms with Gasteiger partial charge in [0.05, 0.1) is 6.07 Å². The van der Waals surface area contributed by atoms with E-state index in [2.05, 4.69) is 5.32 Å². The molecule has 0 radical (unpaired) electrons. The number of carbonyl (C=O) groups is 1. The van der Waals surface area contributed by atoms with Gasteiger partial charge in [0, 0.05) is 11.6 Å².